The molecule has 0 unspecified atom stereocenters. The van der Waals surface area contributed by atoms with Crippen LogP contribution in [0, 0.1) is 13.8 Å². The van der Waals surface area contributed by atoms with Crippen LogP contribution in [0.2, 0.25) is 5.02 Å². The highest BCUT2D eigenvalue weighted by Crippen LogP contribution is 2.36. The van der Waals surface area contributed by atoms with Gasteiger partial charge < -0.3 is 9.15 Å². The summed E-state index contributed by atoms with van der Waals surface area (Å²) < 4.78 is 13.2. The third-order valence-electron chi connectivity index (χ3n) is 5.86. The second-order valence-electron chi connectivity index (χ2n) is 8.33. The second-order valence-corrected chi connectivity index (χ2v) is 9.68. The van der Waals surface area contributed by atoms with Crippen molar-refractivity contribution in [3.05, 3.63) is 94.2 Å². The minimum Gasteiger partial charge on any atom is -0.460 e. The van der Waals surface area contributed by atoms with Gasteiger partial charge in [-0.15, -0.1) is 10.2 Å². The molecule has 0 aliphatic rings. The zero-order valence-corrected chi connectivity index (χ0v) is 21.7. The Bertz CT molecular complexity index is 1570. The Hall–Kier alpha value is -3.55. The largest absolute Gasteiger partial charge is 0.460 e. The van der Waals surface area contributed by atoms with Crippen LogP contribution >= 0.6 is 23.4 Å². The molecule has 0 aliphatic carbocycles. The highest BCUT2D eigenvalue weighted by atomic mass is 35.5. The summed E-state index contributed by atoms with van der Waals surface area (Å²) in [7, 11) is 0. The van der Waals surface area contributed by atoms with Crippen molar-refractivity contribution in [3.63, 3.8) is 0 Å². The van der Waals surface area contributed by atoms with Crippen molar-refractivity contribution in [2.24, 2.45) is 0 Å². The Balaban J connectivity index is 1.61. The van der Waals surface area contributed by atoms with Gasteiger partial charge in [-0.25, -0.2) is 4.79 Å². The van der Waals surface area contributed by atoms with Gasteiger partial charge in [0.1, 0.15) is 5.58 Å². The molecule has 0 amide bonds. The van der Waals surface area contributed by atoms with E-state index in [9.17, 15) is 4.79 Å². The lowest BCUT2D eigenvalue weighted by Gasteiger charge is -2.14. The predicted octanol–water partition coefficient (Wildman–Crippen LogP) is 7.42. The van der Waals surface area contributed by atoms with Crippen LogP contribution in [0.15, 0.2) is 76.3 Å². The number of rotatable bonds is 7. The lowest BCUT2D eigenvalue weighted by Crippen LogP contribution is -2.06. The standard InChI is InChI=1S/C28H24ClN3O3S/c1-4-34-27(33)25-21(19-9-6-8-12-24(19)35-25)16-36-28-31-30-26(20-10-5-7-11-22(20)29)32(28)23-15-17(2)13-14-18(23)3/h5-15H,4,16H2,1-3H3. The van der Waals surface area contributed by atoms with Crippen LogP contribution in [-0.4, -0.2) is 27.3 Å². The minimum atomic E-state index is -0.475. The molecule has 0 saturated carbocycles. The van der Waals surface area contributed by atoms with E-state index in [1.54, 1.807) is 6.92 Å². The number of aryl methyl sites for hydroxylation is 2. The van der Waals surface area contributed by atoms with Gasteiger partial charge in [0.25, 0.3) is 0 Å². The van der Waals surface area contributed by atoms with Gasteiger partial charge in [-0.2, -0.15) is 0 Å². The molecule has 6 nitrogen and oxygen atoms in total. The summed E-state index contributed by atoms with van der Waals surface area (Å²) in [5.41, 5.74) is 5.38. The van der Waals surface area contributed by atoms with Crippen LogP contribution in [0.25, 0.3) is 28.0 Å². The molecule has 36 heavy (non-hydrogen) atoms. The van der Waals surface area contributed by atoms with E-state index in [0.29, 0.717) is 27.3 Å². The monoisotopic (exact) mass is 517 g/mol. The predicted molar refractivity (Wildman–Crippen MR) is 143 cm³/mol. The van der Waals surface area contributed by atoms with E-state index < -0.39 is 5.97 Å². The molecular formula is C28H24ClN3O3S. The number of benzene rings is 3. The molecule has 2 heterocycles. The van der Waals surface area contributed by atoms with Crippen molar-refractivity contribution in [2.75, 3.05) is 6.61 Å². The SMILES string of the molecule is CCOC(=O)c1oc2ccccc2c1CSc1nnc(-c2ccccc2Cl)n1-c1cc(C)ccc1C. The quantitative estimate of drug-likeness (QED) is 0.165. The summed E-state index contributed by atoms with van der Waals surface area (Å²) in [5.74, 6) is 0.836. The number of aromatic nitrogens is 3. The maximum atomic E-state index is 12.7. The van der Waals surface area contributed by atoms with E-state index in [4.69, 9.17) is 20.8 Å². The summed E-state index contributed by atoms with van der Waals surface area (Å²) in [5, 5.41) is 11.2. The van der Waals surface area contributed by atoms with Gasteiger partial charge in [0.2, 0.25) is 5.76 Å². The van der Waals surface area contributed by atoms with Crippen molar-refractivity contribution in [3.8, 4) is 17.1 Å². The Kier molecular flexibility index (Phi) is 6.85. The molecule has 0 bridgehead atoms. The number of thioether (sulfide) groups is 1. The third-order valence-corrected chi connectivity index (χ3v) is 7.14. The fourth-order valence-corrected chi connectivity index (χ4v) is 5.29. The smallest absolute Gasteiger partial charge is 0.374 e. The van der Waals surface area contributed by atoms with Crippen LogP contribution in [0.1, 0.15) is 34.2 Å². The second kappa shape index (κ2) is 10.2. The minimum absolute atomic E-state index is 0.217. The van der Waals surface area contributed by atoms with Crippen molar-refractivity contribution in [1.82, 2.24) is 14.8 Å². The van der Waals surface area contributed by atoms with E-state index >= 15 is 0 Å². The van der Waals surface area contributed by atoms with Crippen LogP contribution < -0.4 is 0 Å². The molecule has 5 aromatic rings. The van der Waals surface area contributed by atoms with Crippen molar-refractivity contribution >= 4 is 40.3 Å². The van der Waals surface area contributed by atoms with Crippen molar-refractivity contribution in [1.29, 1.82) is 0 Å². The number of halogens is 1. The molecular weight excluding hydrogens is 494 g/mol. The highest BCUT2D eigenvalue weighted by Gasteiger charge is 2.24. The maximum absolute atomic E-state index is 12.7. The fraction of sp³-hybridized carbons (Fsp3) is 0.179. The summed E-state index contributed by atoms with van der Waals surface area (Å²) in [6.07, 6.45) is 0. The number of furan rings is 1. The third kappa shape index (κ3) is 4.52. The van der Waals surface area contributed by atoms with Gasteiger partial charge in [-0.3, -0.25) is 4.57 Å². The first-order valence-electron chi connectivity index (χ1n) is 11.6. The number of nitrogens with zero attached hydrogens (tertiary/aromatic N) is 3. The zero-order chi connectivity index (χ0) is 25.2. The van der Waals surface area contributed by atoms with Gasteiger partial charge >= 0.3 is 5.97 Å². The highest BCUT2D eigenvalue weighted by molar-refractivity contribution is 7.98. The van der Waals surface area contributed by atoms with Crippen molar-refractivity contribution in [2.45, 2.75) is 31.7 Å². The Morgan fingerprint density at radius 3 is 2.64 bits per heavy atom. The number of carbonyl (C=O) groups excluding carboxylic acids is 1. The average molecular weight is 518 g/mol. The van der Waals surface area contributed by atoms with E-state index in [1.165, 1.54) is 11.8 Å². The molecule has 3 aromatic carbocycles. The summed E-state index contributed by atoms with van der Waals surface area (Å²) in [4.78, 5) is 12.7. The summed E-state index contributed by atoms with van der Waals surface area (Å²) in [6.45, 7) is 6.16. The summed E-state index contributed by atoms with van der Waals surface area (Å²) in [6, 6.07) is 21.5. The number of ether oxygens (including phenoxy) is 1. The van der Waals surface area contributed by atoms with Gasteiger partial charge in [0.15, 0.2) is 11.0 Å². The first-order chi connectivity index (χ1) is 17.5. The number of carbonyl (C=O) groups is 1. The molecule has 5 rings (SSSR count). The van der Waals surface area contributed by atoms with Crippen LogP contribution in [-0.2, 0) is 10.5 Å². The maximum Gasteiger partial charge on any atom is 0.374 e. The lowest BCUT2D eigenvalue weighted by molar-refractivity contribution is 0.0491. The summed E-state index contributed by atoms with van der Waals surface area (Å²) >= 11 is 8.03. The number of hydrogen-bond donors (Lipinski definition) is 0. The fourth-order valence-electron chi connectivity index (χ4n) is 4.10. The van der Waals surface area contributed by atoms with E-state index in [0.717, 1.165) is 33.3 Å². The van der Waals surface area contributed by atoms with Crippen molar-refractivity contribution < 1.29 is 13.9 Å². The molecule has 0 atom stereocenters. The molecule has 0 saturated heterocycles. The van der Waals surface area contributed by atoms with Gasteiger partial charge in [-0.1, -0.05) is 65.8 Å². The van der Waals surface area contributed by atoms with E-state index in [-0.39, 0.29) is 12.4 Å². The molecule has 0 radical (unpaired) electrons. The molecule has 0 N–H and O–H groups in total. The normalized spacial score (nSPS) is 11.2. The number of para-hydroxylation sites is 1. The number of hydrogen-bond acceptors (Lipinski definition) is 6. The molecule has 0 aliphatic heterocycles. The topological polar surface area (TPSA) is 70.2 Å². The number of esters is 1. The molecule has 182 valence electrons. The number of fused-ring (bicyclic) bond motifs is 1. The average Bonchev–Trinajstić information content (AvgIpc) is 3.46. The lowest BCUT2D eigenvalue weighted by atomic mass is 10.1. The van der Waals surface area contributed by atoms with Crippen LogP contribution in [0.5, 0.6) is 0 Å². The first kappa shape index (κ1) is 24.2. The zero-order valence-electron chi connectivity index (χ0n) is 20.1. The van der Waals surface area contributed by atoms with Gasteiger partial charge in [0, 0.05) is 22.3 Å². The Morgan fingerprint density at radius 2 is 1.83 bits per heavy atom. The Labute approximate surface area is 218 Å². The van der Waals surface area contributed by atoms with E-state index in [1.807, 2.05) is 53.1 Å². The van der Waals surface area contributed by atoms with Crippen LogP contribution in [0.3, 0.4) is 0 Å². The van der Waals surface area contributed by atoms with Gasteiger partial charge in [-0.05, 0) is 56.2 Å². The molecule has 2 aromatic heterocycles. The first-order valence-corrected chi connectivity index (χ1v) is 12.9. The van der Waals surface area contributed by atoms with Crippen LogP contribution in [0.4, 0.5) is 0 Å². The van der Waals surface area contributed by atoms with Gasteiger partial charge in [0.05, 0.1) is 17.3 Å². The van der Waals surface area contributed by atoms with E-state index in [2.05, 4.69) is 42.2 Å². The Morgan fingerprint density at radius 1 is 1.06 bits per heavy atom. The molecule has 8 heteroatoms. The molecule has 0 fully saturated rings. The molecule has 0 spiro atoms.